The summed E-state index contributed by atoms with van der Waals surface area (Å²) in [6, 6.07) is 12.7. The largest absolute Gasteiger partial charge is 0.508 e. The average molecular weight is 666 g/mol. The second kappa shape index (κ2) is 18.2. The number of nitrogens with zero attached hydrogens (tertiary/aromatic N) is 1. The molecule has 0 unspecified atom stereocenters. The lowest BCUT2D eigenvalue weighted by atomic mass is 9.96. The highest BCUT2D eigenvalue weighted by Gasteiger charge is 2.33. The first-order valence-corrected chi connectivity index (χ1v) is 17.6. The fourth-order valence-corrected chi connectivity index (χ4v) is 6.39. The van der Waals surface area contributed by atoms with E-state index in [2.05, 4.69) is 35.1 Å². The molecule has 0 saturated carbocycles. The molecule has 3 amide bonds. The fourth-order valence-electron chi connectivity index (χ4n) is 6.39. The summed E-state index contributed by atoms with van der Waals surface area (Å²) >= 11 is 0. The second-order valence-electron chi connectivity index (χ2n) is 13.6. The Bertz CT molecular complexity index is 1320. The van der Waals surface area contributed by atoms with Gasteiger partial charge in [0.15, 0.2) is 0 Å². The molecule has 48 heavy (non-hydrogen) atoms. The molecule has 11 nitrogen and oxygen atoms in total. The zero-order chi connectivity index (χ0) is 34.6. The van der Waals surface area contributed by atoms with E-state index < -0.39 is 24.2 Å². The highest BCUT2D eigenvalue weighted by Crippen LogP contribution is 2.20. The molecule has 0 aliphatic carbocycles. The third-order valence-electron chi connectivity index (χ3n) is 9.66. The van der Waals surface area contributed by atoms with Gasteiger partial charge in [-0.1, -0.05) is 58.4 Å². The number of nitrogens with one attached hydrogen (secondary N) is 4. The first kappa shape index (κ1) is 37.2. The lowest BCUT2D eigenvalue weighted by Crippen LogP contribution is -2.57. The maximum atomic E-state index is 13.9. The molecular formula is C37H55N5O6. The van der Waals surface area contributed by atoms with E-state index in [9.17, 15) is 24.6 Å². The summed E-state index contributed by atoms with van der Waals surface area (Å²) in [6.45, 7) is 10.4. The highest BCUT2D eigenvalue weighted by atomic mass is 16.5. The van der Waals surface area contributed by atoms with Crippen LogP contribution in [-0.4, -0.2) is 95.9 Å². The molecule has 0 aromatic heterocycles. The topological polar surface area (TPSA) is 152 Å². The van der Waals surface area contributed by atoms with E-state index in [0.29, 0.717) is 51.8 Å². The van der Waals surface area contributed by atoms with Crippen molar-refractivity contribution in [1.29, 1.82) is 0 Å². The van der Waals surface area contributed by atoms with Crippen molar-refractivity contribution in [3.8, 4) is 11.5 Å². The summed E-state index contributed by atoms with van der Waals surface area (Å²) in [4.78, 5) is 41.6. The maximum Gasteiger partial charge on any atom is 0.242 e. The number of aliphatic hydroxyl groups excluding tert-OH is 1. The van der Waals surface area contributed by atoms with Gasteiger partial charge in [0.2, 0.25) is 17.7 Å². The molecular weight excluding hydrogens is 610 g/mol. The highest BCUT2D eigenvalue weighted by molar-refractivity contribution is 5.90. The minimum Gasteiger partial charge on any atom is -0.508 e. The summed E-state index contributed by atoms with van der Waals surface area (Å²) in [5.41, 5.74) is 1.84. The van der Waals surface area contributed by atoms with Crippen LogP contribution < -0.4 is 26.0 Å². The summed E-state index contributed by atoms with van der Waals surface area (Å²) in [7, 11) is 0. The van der Waals surface area contributed by atoms with E-state index in [4.69, 9.17) is 4.74 Å². The first-order chi connectivity index (χ1) is 23.0. The van der Waals surface area contributed by atoms with Crippen molar-refractivity contribution in [1.82, 2.24) is 26.2 Å². The Morgan fingerprint density at radius 1 is 0.979 bits per heavy atom. The molecule has 0 radical (unpaired) electrons. The molecule has 0 spiro atoms. The van der Waals surface area contributed by atoms with Gasteiger partial charge in [0.05, 0.1) is 18.8 Å². The number of carbonyl (C=O) groups is 3. The normalized spacial score (nSPS) is 21.9. The lowest BCUT2D eigenvalue weighted by Gasteiger charge is -2.34. The van der Waals surface area contributed by atoms with Gasteiger partial charge in [0, 0.05) is 44.7 Å². The molecule has 3 aliphatic rings. The van der Waals surface area contributed by atoms with Crippen LogP contribution in [0.3, 0.4) is 0 Å². The number of carbonyl (C=O) groups excluding carboxylic acids is 3. The summed E-state index contributed by atoms with van der Waals surface area (Å²) in [5.74, 6) is 0.647. The number of fused-ring (bicyclic) bond motifs is 12. The standard InChI is InChI=1S/C37H55N5O6/c1-5-25(4)35-37(47)38-17-7-19-48-29-15-11-27(12-16-29)21-31(36(46)41-35)40-23-33(44)30(20-26-9-13-28(43)14-10-26)39-22-32(24(2)3)42-18-6-8-34(42)45/h9-16,24-25,30-33,35,39-40,43-44H,5-8,17-23H2,1-4H3,(H,38,47)(H,41,46)/t25-,30-,31-,32+,33+,35-/m0/s1. The van der Waals surface area contributed by atoms with Crippen LogP contribution in [0.5, 0.6) is 11.5 Å². The molecule has 3 heterocycles. The third kappa shape index (κ3) is 10.7. The summed E-state index contributed by atoms with van der Waals surface area (Å²) in [5, 5.41) is 34.3. The zero-order valence-electron chi connectivity index (χ0n) is 28.9. The Morgan fingerprint density at radius 2 is 1.71 bits per heavy atom. The van der Waals surface area contributed by atoms with Crippen molar-refractivity contribution in [2.45, 2.75) is 96.5 Å². The van der Waals surface area contributed by atoms with Gasteiger partial charge < -0.3 is 41.1 Å². The second-order valence-corrected chi connectivity index (χ2v) is 13.6. The van der Waals surface area contributed by atoms with Crippen LogP contribution in [0.25, 0.3) is 0 Å². The molecule has 6 N–H and O–H groups in total. The summed E-state index contributed by atoms with van der Waals surface area (Å²) < 4.78 is 5.84. The lowest BCUT2D eigenvalue weighted by molar-refractivity contribution is -0.131. The van der Waals surface area contributed by atoms with Gasteiger partial charge in [-0.3, -0.25) is 14.4 Å². The molecule has 264 valence electrons. The monoisotopic (exact) mass is 665 g/mol. The molecule has 2 aromatic rings. The van der Waals surface area contributed by atoms with Crippen LogP contribution in [-0.2, 0) is 27.2 Å². The minimum atomic E-state index is -0.908. The number of hydrogen-bond acceptors (Lipinski definition) is 8. The predicted molar refractivity (Wildman–Crippen MR) is 186 cm³/mol. The van der Waals surface area contributed by atoms with Crippen molar-refractivity contribution in [3.63, 3.8) is 0 Å². The minimum absolute atomic E-state index is 0.0207. The Balaban J connectivity index is 1.53. The van der Waals surface area contributed by atoms with E-state index in [1.54, 1.807) is 12.1 Å². The number of phenolic OH excluding ortho intramolecular Hbond substituents is 1. The van der Waals surface area contributed by atoms with E-state index >= 15 is 0 Å². The van der Waals surface area contributed by atoms with E-state index in [-0.39, 0.29) is 47.9 Å². The van der Waals surface area contributed by atoms with Gasteiger partial charge in [-0.15, -0.1) is 0 Å². The van der Waals surface area contributed by atoms with Gasteiger partial charge in [-0.25, -0.2) is 0 Å². The number of benzene rings is 2. The quantitative estimate of drug-likeness (QED) is 0.191. The smallest absolute Gasteiger partial charge is 0.242 e. The summed E-state index contributed by atoms with van der Waals surface area (Å²) in [6.07, 6.45) is 2.67. The third-order valence-corrected chi connectivity index (χ3v) is 9.66. The van der Waals surface area contributed by atoms with E-state index in [1.807, 2.05) is 55.1 Å². The molecule has 2 aromatic carbocycles. The SMILES string of the molecule is CC[C@H](C)[C@@H]1NC(=O)[C@@H](NC[C@@H](O)[C@H](Cc2ccc(O)cc2)NC[C@H](C(C)C)N2CCCC2=O)Cc2ccc(cc2)OCCCNC1=O. The molecule has 11 heteroatoms. The van der Waals surface area contributed by atoms with Gasteiger partial charge in [-0.2, -0.15) is 0 Å². The number of aromatic hydroxyl groups is 1. The van der Waals surface area contributed by atoms with Crippen molar-refractivity contribution >= 4 is 17.7 Å². The Labute approximate surface area is 285 Å². The first-order valence-electron chi connectivity index (χ1n) is 17.6. The Morgan fingerprint density at radius 3 is 2.35 bits per heavy atom. The van der Waals surface area contributed by atoms with Crippen LogP contribution in [0.4, 0.5) is 0 Å². The number of ether oxygens (including phenoxy) is 1. The maximum absolute atomic E-state index is 13.9. The van der Waals surface area contributed by atoms with Crippen molar-refractivity contribution in [2.75, 3.05) is 32.8 Å². The van der Waals surface area contributed by atoms with Crippen molar-refractivity contribution < 1.29 is 29.3 Å². The molecule has 6 atom stereocenters. The predicted octanol–water partition coefficient (Wildman–Crippen LogP) is 2.53. The van der Waals surface area contributed by atoms with Gasteiger partial charge in [-0.05, 0) is 72.9 Å². The Hall–Kier alpha value is -3.67. The number of rotatable bonds is 13. The van der Waals surface area contributed by atoms with Gasteiger partial charge in [0.1, 0.15) is 17.5 Å². The van der Waals surface area contributed by atoms with Crippen LogP contribution in [0.1, 0.15) is 64.5 Å². The van der Waals surface area contributed by atoms with E-state index in [0.717, 1.165) is 29.8 Å². The fraction of sp³-hybridized carbons (Fsp3) is 0.595. The number of likely N-dealkylation sites (tertiary alicyclic amines) is 1. The molecule has 1 fully saturated rings. The average Bonchev–Trinajstić information content (AvgIpc) is 3.49. The van der Waals surface area contributed by atoms with Crippen molar-refractivity contribution in [2.24, 2.45) is 11.8 Å². The van der Waals surface area contributed by atoms with Gasteiger partial charge >= 0.3 is 0 Å². The van der Waals surface area contributed by atoms with Crippen LogP contribution in [0.2, 0.25) is 0 Å². The number of phenols is 1. The van der Waals surface area contributed by atoms with Crippen LogP contribution in [0.15, 0.2) is 48.5 Å². The van der Waals surface area contributed by atoms with Crippen molar-refractivity contribution in [3.05, 3.63) is 59.7 Å². The zero-order valence-corrected chi connectivity index (χ0v) is 28.9. The molecule has 5 rings (SSSR count). The molecule has 2 bridgehead atoms. The van der Waals surface area contributed by atoms with Crippen LogP contribution >= 0.6 is 0 Å². The number of hydrogen-bond donors (Lipinski definition) is 6. The molecule has 3 aliphatic heterocycles. The van der Waals surface area contributed by atoms with Gasteiger partial charge in [0.25, 0.3) is 0 Å². The Kier molecular flexibility index (Phi) is 14.1. The van der Waals surface area contributed by atoms with Crippen LogP contribution in [0, 0.1) is 11.8 Å². The molecule has 1 saturated heterocycles. The van der Waals surface area contributed by atoms with E-state index in [1.165, 1.54) is 0 Å². The number of aliphatic hydroxyl groups is 1. The number of amides is 3.